The standard InChI is InChI=1S/C16H20N2OS/c1-16(2)12-18(10-11-20-16)15(19)14-7-5-13(6-8-14)4-3-9-17/h5-8H,9-12,17H2,1-2H3. The van der Waals surface area contributed by atoms with Gasteiger partial charge in [0.15, 0.2) is 0 Å². The Bertz CT molecular complexity index is 540. The Morgan fingerprint density at radius 3 is 2.70 bits per heavy atom. The predicted molar refractivity (Wildman–Crippen MR) is 84.8 cm³/mol. The molecule has 0 saturated carbocycles. The van der Waals surface area contributed by atoms with Crippen molar-refractivity contribution < 1.29 is 4.79 Å². The molecule has 2 N–H and O–H groups in total. The molecule has 0 atom stereocenters. The molecule has 4 heteroatoms. The van der Waals surface area contributed by atoms with Crippen LogP contribution in [0.2, 0.25) is 0 Å². The molecule has 2 rings (SSSR count). The van der Waals surface area contributed by atoms with Crippen molar-refractivity contribution in [3.05, 3.63) is 35.4 Å². The van der Waals surface area contributed by atoms with Gasteiger partial charge in [-0.05, 0) is 38.1 Å². The number of thioether (sulfide) groups is 1. The van der Waals surface area contributed by atoms with Crippen molar-refractivity contribution in [2.24, 2.45) is 5.73 Å². The maximum atomic E-state index is 12.5. The lowest BCUT2D eigenvalue weighted by Crippen LogP contribution is -2.46. The zero-order valence-corrected chi connectivity index (χ0v) is 12.8. The molecule has 20 heavy (non-hydrogen) atoms. The third-order valence-electron chi connectivity index (χ3n) is 3.18. The third kappa shape index (κ3) is 3.78. The highest BCUT2D eigenvalue weighted by Gasteiger charge is 2.30. The second-order valence-corrected chi connectivity index (χ2v) is 7.22. The first-order valence-electron chi connectivity index (χ1n) is 6.74. The van der Waals surface area contributed by atoms with Crippen LogP contribution in [0.3, 0.4) is 0 Å². The van der Waals surface area contributed by atoms with E-state index in [4.69, 9.17) is 5.73 Å². The number of nitrogens with zero attached hydrogens (tertiary/aromatic N) is 1. The minimum atomic E-state index is 0.108. The zero-order valence-electron chi connectivity index (χ0n) is 12.0. The fraction of sp³-hybridized carbons (Fsp3) is 0.438. The van der Waals surface area contributed by atoms with E-state index in [9.17, 15) is 4.79 Å². The van der Waals surface area contributed by atoms with Gasteiger partial charge >= 0.3 is 0 Å². The van der Waals surface area contributed by atoms with E-state index in [0.717, 1.165) is 30.0 Å². The summed E-state index contributed by atoms with van der Waals surface area (Å²) in [7, 11) is 0. The molecule has 1 aliphatic rings. The number of carbonyl (C=O) groups excluding carboxylic acids is 1. The molecule has 0 aliphatic carbocycles. The van der Waals surface area contributed by atoms with Gasteiger partial charge in [-0.25, -0.2) is 0 Å². The van der Waals surface area contributed by atoms with Crippen molar-refractivity contribution in [1.29, 1.82) is 0 Å². The molecule has 1 aromatic carbocycles. The van der Waals surface area contributed by atoms with Crippen LogP contribution in [0, 0.1) is 11.8 Å². The lowest BCUT2D eigenvalue weighted by Gasteiger charge is -2.37. The predicted octanol–water partition coefficient (Wildman–Crippen LogP) is 1.96. The molecule has 1 aliphatic heterocycles. The molecule has 0 spiro atoms. The Morgan fingerprint density at radius 2 is 2.10 bits per heavy atom. The Labute approximate surface area is 124 Å². The number of hydrogen-bond donors (Lipinski definition) is 1. The van der Waals surface area contributed by atoms with E-state index < -0.39 is 0 Å². The Balaban J connectivity index is 2.09. The van der Waals surface area contributed by atoms with Crippen molar-refractivity contribution >= 4 is 17.7 Å². The first kappa shape index (κ1) is 15.0. The highest BCUT2D eigenvalue weighted by atomic mass is 32.2. The lowest BCUT2D eigenvalue weighted by molar-refractivity contribution is 0.0748. The summed E-state index contributed by atoms with van der Waals surface area (Å²) in [6.45, 7) is 6.33. The molecule has 1 aromatic rings. The van der Waals surface area contributed by atoms with Gasteiger partial charge < -0.3 is 10.6 Å². The van der Waals surface area contributed by atoms with E-state index in [1.165, 1.54) is 0 Å². The number of amides is 1. The van der Waals surface area contributed by atoms with Gasteiger partial charge in [-0.3, -0.25) is 4.79 Å². The SMILES string of the molecule is CC1(C)CN(C(=O)c2ccc(C#CCN)cc2)CCS1. The minimum Gasteiger partial charge on any atom is -0.336 e. The van der Waals surface area contributed by atoms with E-state index in [0.29, 0.717) is 6.54 Å². The highest BCUT2D eigenvalue weighted by molar-refractivity contribution is 8.00. The van der Waals surface area contributed by atoms with Crippen LogP contribution >= 0.6 is 11.8 Å². The molecule has 1 amide bonds. The number of hydrogen-bond acceptors (Lipinski definition) is 3. The van der Waals surface area contributed by atoms with Crippen LogP contribution in [0.4, 0.5) is 0 Å². The Kier molecular flexibility index (Phi) is 4.74. The molecule has 1 saturated heterocycles. The van der Waals surface area contributed by atoms with Gasteiger partial charge in [0.1, 0.15) is 0 Å². The number of rotatable bonds is 1. The summed E-state index contributed by atoms with van der Waals surface area (Å²) >= 11 is 1.92. The topological polar surface area (TPSA) is 46.3 Å². The van der Waals surface area contributed by atoms with Crippen molar-refractivity contribution in [2.75, 3.05) is 25.4 Å². The summed E-state index contributed by atoms with van der Waals surface area (Å²) in [5.41, 5.74) is 6.96. The maximum Gasteiger partial charge on any atom is 0.253 e. The van der Waals surface area contributed by atoms with Gasteiger partial charge in [0, 0.05) is 34.7 Å². The van der Waals surface area contributed by atoms with Crippen LogP contribution in [-0.4, -0.2) is 40.9 Å². The Hall–Kier alpha value is -1.44. The van der Waals surface area contributed by atoms with Crippen molar-refractivity contribution in [3.8, 4) is 11.8 Å². The molecule has 0 aromatic heterocycles. The molecule has 106 valence electrons. The van der Waals surface area contributed by atoms with Gasteiger partial charge in [-0.15, -0.1) is 0 Å². The normalized spacial score (nSPS) is 17.2. The molecular formula is C16H20N2OS. The summed E-state index contributed by atoms with van der Waals surface area (Å²) in [5.74, 6) is 6.87. The smallest absolute Gasteiger partial charge is 0.253 e. The van der Waals surface area contributed by atoms with Crippen LogP contribution in [0.15, 0.2) is 24.3 Å². The molecule has 0 radical (unpaired) electrons. The van der Waals surface area contributed by atoms with Crippen LogP contribution < -0.4 is 5.73 Å². The monoisotopic (exact) mass is 288 g/mol. The largest absolute Gasteiger partial charge is 0.336 e. The lowest BCUT2D eigenvalue weighted by atomic mass is 10.1. The molecule has 3 nitrogen and oxygen atoms in total. The summed E-state index contributed by atoms with van der Waals surface area (Å²) in [4.78, 5) is 14.4. The van der Waals surface area contributed by atoms with E-state index in [1.807, 2.05) is 40.9 Å². The van der Waals surface area contributed by atoms with E-state index in [1.54, 1.807) is 0 Å². The number of carbonyl (C=O) groups is 1. The second-order valence-electron chi connectivity index (χ2n) is 5.42. The van der Waals surface area contributed by atoms with E-state index in [2.05, 4.69) is 25.7 Å². The summed E-state index contributed by atoms with van der Waals surface area (Å²) in [5, 5.41) is 0. The fourth-order valence-corrected chi connectivity index (χ4v) is 3.33. The van der Waals surface area contributed by atoms with Gasteiger partial charge in [0.25, 0.3) is 5.91 Å². The van der Waals surface area contributed by atoms with Crippen molar-refractivity contribution in [1.82, 2.24) is 4.90 Å². The summed E-state index contributed by atoms with van der Waals surface area (Å²) in [6, 6.07) is 7.44. The fourth-order valence-electron chi connectivity index (χ4n) is 2.22. The van der Waals surface area contributed by atoms with Crippen molar-refractivity contribution in [3.63, 3.8) is 0 Å². The zero-order chi connectivity index (χ0) is 14.6. The van der Waals surface area contributed by atoms with E-state index >= 15 is 0 Å². The molecule has 0 unspecified atom stereocenters. The first-order chi connectivity index (χ1) is 9.52. The van der Waals surface area contributed by atoms with Gasteiger partial charge in [0.2, 0.25) is 0 Å². The summed E-state index contributed by atoms with van der Waals surface area (Å²) in [6.07, 6.45) is 0. The average molecular weight is 288 g/mol. The minimum absolute atomic E-state index is 0.108. The molecular weight excluding hydrogens is 268 g/mol. The highest BCUT2D eigenvalue weighted by Crippen LogP contribution is 2.30. The quantitative estimate of drug-likeness (QED) is 0.804. The second kappa shape index (κ2) is 6.34. The number of nitrogens with two attached hydrogens (primary N) is 1. The van der Waals surface area contributed by atoms with Crippen LogP contribution in [0.25, 0.3) is 0 Å². The summed E-state index contributed by atoms with van der Waals surface area (Å²) < 4.78 is 0.139. The van der Waals surface area contributed by atoms with Crippen LogP contribution in [0.1, 0.15) is 29.8 Å². The van der Waals surface area contributed by atoms with Gasteiger partial charge in [-0.1, -0.05) is 11.8 Å². The molecule has 0 bridgehead atoms. The molecule has 1 heterocycles. The molecule has 1 fully saturated rings. The van der Waals surface area contributed by atoms with Gasteiger partial charge in [-0.2, -0.15) is 11.8 Å². The van der Waals surface area contributed by atoms with E-state index in [-0.39, 0.29) is 10.7 Å². The average Bonchev–Trinajstić information content (AvgIpc) is 2.44. The maximum absolute atomic E-state index is 12.5. The third-order valence-corrected chi connectivity index (χ3v) is 4.48. The first-order valence-corrected chi connectivity index (χ1v) is 7.73. The van der Waals surface area contributed by atoms with Crippen LogP contribution in [0.5, 0.6) is 0 Å². The Morgan fingerprint density at radius 1 is 1.40 bits per heavy atom. The van der Waals surface area contributed by atoms with Gasteiger partial charge in [0.05, 0.1) is 6.54 Å². The van der Waals surface area contributed by atoms with Crippen molar-refractivity contribution in [2.45, 2.75) is 18.6 Å². The van der Waals surface area contributed by atoms with Crippen LogP contribution in [-0.2, 0) is 0 Å². The number of benzene rings is 1.